The van der Waals surface area contributed by atoms with Crippen LogP contribution >= 0.6 is 23.4 Å². The predicted molar refractivity (Wildman–Crippen MR) is 51.9 cm³/mol. The van der Waals surface area contributed by atoms with E-state index in [4.69, 9.17) is 11.6 Å². The molecule has 0 saturated heterocycles. The molecule has 0 N–H and O–H groups in total. The van der Waals surface area contributed by atoms with Crippen molar-refractivity contribution in [2.45, 2.75) is 5.75 Å². The highest BCUT2D eigenvalue weighted by atomic mass is 35.5. The Kier molecular flexibility index (Phi) is 2.30. The first-order valence-electron chi connectivity index (χ1n) is 3.77. The Hall–Kier alpha value is -0.540. The Bertz CT molecular complexity index is 378. The van der Waals surface area contributed by atoms with Crippen LogP contribution in [0.15, 0.2) is 12.1 Å². The van der Waals surface area contributed by atoms with Crippen LogP contribution in [0.25, 0.3) is 0 Å². The van der Waals surface area contributed by atoms with E-state index in [0.29, 0.717) is 22.6 Å². The summed E-state index contributed by atoms with van der Waals surface area (Å²) in [6, 6.07) is 2.79. The second-order valence-corrected chi connectivity index (χ2v) is 4.25. The zero-order chi connectivity index (χ0) is 9.42. The molecule has 0 fully saturated rings. The standard InChI is InChI=1S/C9H6ClFOS/c10-5-1-6-7(8(11)2-5)3-13-4-9(6)12/h1-2H,3-4H2. The van der Waals surface area contributed by atoms with Crippen molar-refractivity contribution in [3.8, 4) is 0 Å². The number of ketones is 1. The first kappa shape index (κ1) is 9.03. The third-order valence-corrected chi connectivity index (χ3v) is 3.12. The van der Waals surface area contributed by atoms with Gasteiger partial charge in [0.1, 0.15) is 5.82 Å². The molecule has 68 valence electrons. The molecule has 0 aromatic heterocycles. The summed E-state index contributed by atoms with van der Waals surface area (Å²) in [5.41, 5.74) is 0.939. The second kappa shape index (κ2) is 3.31. The van der Waals surface area contributed by atoms with Gasteiger partial charge in [-0.2, -0.15) is 0 Å². The molecule has 0 saturated carbocycles. The highest BCUT2D eigenvalue weighted by Crippen LogP contribution is 2.29. The quantitative estimate of drug-likeness (QED) is 0.663. The number of carbonyl (C=O) groups is 1. The van der Waals surface area contributed by atoms with Gasteiger partial charge < -0.3 is 0 Å². The van der Waals surface area contributed by atoms with Crippen LogP contribution in [0.3, 0.4) is 0 Å². The SMILES string of the molecule is O=C1CSCc2c(F)cc(Cl)cc21. The minimum Gasteiger partial charge on any atom is -0.293 e. The molecular formula is C9H6ClFOS. The van der Waals surface area contributed by atoms with Crippen molar-refractivity contribution in [2.24, 2.45) is 0 Å². The second-order valence-electron chi connectivity index (χ2n) is 2.83. The zero-order valence-corrected chi connectivity index (χ0v) is 8.21. The van der Waals surface area contributed by atoms with Crippen LogP contribution in [-0.4, -0.2) is 11.5 Å². The molecule has 1 aromatic rings. The van der Waals surface area contributed by atoms with E-state index >= 15 is 0 Å². The Morgan fingerprint density at radius 2 is 2.15 bits per heavy atom. The fourth-order valence-electron chi connectivity index (χ4n) is 1.32. The summed E-state index contributed by atoms with van der Waals surface area (Å²) < 4.78 is 13.3. The van der Waals surface area contributed by atoms with Gasteiger partial charge in [-0.05, 0) is 12.1 Å². The maximum atomic E-state index is 13.3. The lowest BCUT2D eigenvalue weighted by Crippen LogP contribution is -2.13. The summed E-state index contributed by atoms with van der Waals surface area (Å²) in [6.45, 7) is 0. The van der Waals surface area contributed by atoms with Crippen LogP contribution in [0.1, 0.15) is 15.9 Å². The van der Waals surface area contributed by atoms with E-state index in [-0.39, 0.29) is 16.6 Å². The molecule has 0 bridgehead atoms. The van der Waals surface area contributed by atoms with Crippen LogP contribution in [0, 0.1) is 5.82 Å². The summed E-state index contributed by atoms with van der Waals surface area (Å²) in [7, 11) is 0. The average Bonchev–Trinajstić information content (AvgIpc) is 2.07. The number of halogens is 2. The number of hydrogen-bond donors (Lipinski definition) is 0. The average molecular weight is 217 g/mol. The highest BCUT2D eigenvalue weighted by molar-refractivity contribution is 7.99. The van der Waals surface area contributed by atoms with Gasteiger partial charge in [-0.15, -0.1) is 11.8 Å². The first-order chi connectivity index (χ1) is 6.18. The lowest BCUT2D eigenvalue weighted by Gasteiger charge is -2.14. The van der Waals surface area contributed by atoms with Crippen molar-refractivity contribution in [3.63, 3.8) is 0 Å². The van der Waals surface area contributed by atoms with Crippen LogP contribution in [0.5, 0.6) is 0 Å². The Balaban J connectivity index is 2.63. The van der Waals surface area contributed by atoms with Crippen molar-refractivity contribution < 1.29 is 9.18 Å². The number of benzene rings is 1. The van der Waals surface area contributed by atoms with Gasteiger partial charge in [0.2, 0.25) is 0 Å². The predicted octanol–water partition coefficient (Wildman–Crippen LogP) is 2.91. The molecule has 0 radical (unpaired) electrons. The number of fused-ring (bicyclic) bond motifs is 1. The number of thioether (sulfide) groups is 1. The Morgan fingerprint density at radius 3 is 2.92 bits per heavy atom. The van der Waals surface area contributed by atoms with Crippen LogP contribution < -0.4 is 0 Å². The number of carbonyl (C=O) groups excluding carboxylic acids is 1. The van der Waals surface area contributed by atoms with Gasteiger partial charge >= 0.3 is 0 Å². The highest BCUT2D eigenvalue weighted by Gasteiger charge is 2.21. The van der Waals surface area contributed by atoms with Crippen molar-refractivity contribution in [3.05, 3.63) is 34.1 Å². The van der Waals surface area contributed by atoms with Crippen molar-refractivity contribution in [2.75, 3.05) is 5.75 Å². The van der Waals surface area contributed by atoms with Gasteiger partial charge in [-0.25, -0.2) is 4.39 Å². The van der Waals surface area contributed by atoms with Crippen molar-refractivity contribution in [1.29, 1.82) is 0 Å². The molecule has 13 heavy (non-hydrogen) atoms. The third-order valence-electron chi connectivity index (χ3n) is 1.94. The molecule has 0 spiro atoms. The monoisotopic (exact) mass is 216 g/mol. The molecular weight excluding hydrogens is 211 g/mol. The minimum atomic E-state index is -0.372. The summed E-state index contributed by atoms with van der Waals surface area (Å²) in [5.74, 6) is 0.576. The summed E-state index contributed by atoms with van der Waals surface area (Å²) in [5, 5.41) is 0.288. The lowest BCUT2D eigenvalue weighted by molar-refractivity contribution is 0.102. The molecule has 0 aliphatic carbocycles. The fraction of sp³-hybridized carbons (Fsp3) is 0.222. The topological polar surface area (TPSA) is 17.1 Å². The maximum absolute atomic E-state index is 13.3. The molecule has 0 atom stereocenters. The van der Waals surface area contributed by atoms with E-state index in [1.165, 1.54) is 17.8 Å². The van der Waals surface area contributed by atoms with E-state index in [2.05, 4.69) is 0 Å². The molecule has 1 heterocycles. The molecule has 0 amide bonds. The van der Waals surface area contributed by atoms with Gasteiger partial charge in [0.25, 0.3) is 0 Å². The summed E-state index contributed by atoms with van der Waals surface area (Å²) in [4.78, 5) is 11.3. The van der Waals surface area contributed by atoms with E-state index in [1.54, 1.807) is 6.07 Å². The van der Waals surface area contributed by atoms with Crippen molar-refractivity contribution in [1.82, 2.24) is 0 Å². The molecule has 0 unspecified atom stereocenters. The largest absolute Gasteiger partial charge is 0.293 e. The Morgan fingerprint density at radius 1 is 1.38 bits per heavy atom. The summed E-state index contributed by atoms with van der Waals surface area (Å²) >= 11 is 7.08. The fourth-order valence-corrected chi connectivity index (χ4v) is 2.47. The van der Waals surface area contributed by atoms with Gasteiger partial charge in [0, 0.05) is 21.9 Å². The lowest BCUT2D eigenvalue weighted by atomic mass is 10.0. The van der Waals surface area contributed by atoms with Gasteiger partial charge in [0.05, 0.1) is 5.75 Å². The van der Waals surface area contributed by atoms with E-state index in [9.17, 15) is 9.18 Å². The zero-order valence-electron chi connectivity index (χ0n) is 6.64. The molecule has 4 heteroatoms. The first-order valence-corrected chi connectivity index (χ1v) is 5.30. The molecule has 1 nitrogen and oxygen atoms in total. The van der Waals surface area contributed by atoms with E-state index < -0.39 is 0 Å². The van der Waals surface area contributed by atoms with Crippen LogP contribution in [0.2, 0.25) is 5.02 Å². The van der Waals surface area contributed by atoms with E-state index in [0.717, 1.165) is 0 Å². The van der Waals surface area contributed by atoms with Gasteiger partial charge in [-0.1, -0.05) is 11.6 Å². The van der Waals surface area contributed by atoms with Crippen LogP contribution in [-0.2, 0) is 5.75 Å². The smallest absolute Gasteiger partial charge is 0.173 e. The van der Waals surface area contributed by atoms with Gasteiger partial charge in [-0.3, -0.25) is 4.79 Å². The number of hydrogen-bond acceptors (Lipinski definition) is 2. The molecule has 1 aliphatic rings. The maximum Gasteiger partial charge on any atom is 0.173 e. The van der Waals surface area contributed by atoms with Crippen LogP contribution in [0.4, 0.5) is 4.39 Å². The normalized spacial score (nSPS) is 15.7. The third kappa shape index (κ3) is 1.58. The number of Topliss-reactive ketones (excluding diaryl/α,β-unsaturated/α-hetero) is 1. The minimum absolute atomic E-state index is 0.0346. The number of rotatable bonds is 0. The van der Waals surface area contributed by atoms with E-state index in [1.807, 2.05) is 0 Å². The molecule has 2 rings (SSSR count). The molecule has 1 aromatic carbocycles. The van der Waals surface area contributed by atoms with Crippen molar-refractivity contribution >= 4 is 29.1 Å². The Labute approximate surface area is 84.3 Å². The molecule has 1 aliphatic heterocycles. The summed E-state index contributed by atoms with van der Waals surface area (Å²) in [6.07, 6.45) is 0. The van der Waals surface area contributed by atoms with Gasteiger partial charge in [0.15, 0.2) is 5.78 Å².